The monoisotopic (exact) mass is 310 g/mol. The molecule has 1 saturated carbocycles. The average molecular weight is 311 g/mol. The van der Waals surface area contributed by atoms with Gasteiger partial charge in [-0.05, 0) is 36.5 Å². The Hall–Kier alpha value is -0.640. The van der Waals surface area contributed by atoms with Crippen LogP contribution in [-0.2, 0) is 6.54 Å². The normalized spacial score (nSPS) is 25.1. The van der Waals surface area contributed by atoms with Crippen molar-refractivity contribution in [3.8, 4) is 0 Å². The molecule has 0 amide bonds. The summed E-state index contributed by atoms with van der Waals surface area (Å²) in [6.45, 7) is 3.99. The van der Waals surface area contributed by atoms with Crippen molar-refractivity contribution in [1.82, 2.24) is 10.2 Å². The van der Waals surface area contributed by atoms with Crippen LogP contribution >= 0.6 is 11.6 Å². The van der Waals surface area contributed by atoms with Gasteiger partial charge in [0.25, 0.3) is 0 Å². The van der Waals surface area contributed by atoms with Crippen LogP contribution in [0, 0.1) is 11.7 Å². The van der Waals surface area contributed by atoms with E-state index in [1.165, 1.54) is 44.2 Å². The molecule has 2 aliphatic rings. The summed E-state index contributed by atoms with van der Waals surface area (Å²) < 4.78 is 13.2. The molecule has 0 bridgehead atoms. The fourth-order valence-electron chi connectivity index (χ4n) is 3.82. The van der Waals surface area contributed by atoms with E-state index in [0.29, 0.717) is 11.1 Å². The maximum absolute atomic E-state index is 13.2. The van der Waals surface area contributed by atoms with Crippen molar-refractivity contribution in [3.05, 3.63) is 34.6 Å². The molecule has 1 aromatic rings. The van der Waals surface area contributed by atoms with Crippen molar-refractivity contribution < 1.29 is 4.39 Å². The van der Waals surface area contributed by atoms with Crippen molar-refractivity contribution in [2.24, 2.45) is 5.92 Å². The van der Waals surface area contributed by atoms with E-state index < -0.39 is 0 Å². The van der Waals surface area contributed by atoms with Gasteiger partial charge in [-0.25, -0.2) is 4.39 Å². The van der Waals surface area contributed by atoms with Gasteiger partial charge in [0.2, 0.25) is 0 Å². The van der Waals surface area contributed by atoms with Gasteiger partial charge in [-0.3, -0.25) is 4.90 Å². The third-order valence-electron chi connectivity index (χ3n) is 4.98. The highest BCUT2D eigenvalue weighted by molar-refractivity contribution is 6.31. The van der Waals surface area contributed by atoms with E-state index in [1.807, 2.05) is 6.07 Å². The highest BCUT2D eigenvalue weighted by Gasteiger charge is 2.30. The molecule has 116 valence electrons. The topological polar surface area (TPSA) is 15.3 Å². The number of rotatable bonds is 3. The molecular weight excluding hydrogens is 287 g/mol. The maximum atomic E-state index is 13.2. The molecule has 0 aromatic heterocycles. The molecule has 1 aliphatic heterocycles. The van der Waals surface area contributed by atoms with E-state index >= 15 is 0 Å². The van der Waals surface area contributed by atoms with Crippen LogP contribution in [0.15, 0.2) is 18.2 Å². The van der Waals surface area contributed by atoms with Crippen LogP contribution in [-0.4, -0.2) is 30.6 Å². The van der Waals surface area contributed by atoms with Gasteiger partial charge in [0.05, 0.1) is 0 Å². The summed E-state index contributed by atoms with van der Waals surface area (Å²) in [6, 6.07) is 5.37. The lowest BCUT2D eigenvalue weighted by Gasteiger charge is -2.42. The molecule has 4 heteroatoms. The highest BCUT2D eigenvalue weighted by atomic mass is 35.5. The Bertz CT molecular complexity index is 474. The van der Waals surface area contributed by atoms with Crippen LogP contribution in [0.1, 0.15) is 37.7 Å². The van der Waals surface area contributed by atoms with Gasteiger partial charge < -0.3 is 5.32 Å². The highest BCUT2D eigenvalue weighted by Crippen LogP contribution is 2.31. The average Bonchev–Trinajstić information content (AvgIpc) is 2.51. The lowest BCUT2D eigenvalue weighted by molar-refractivity contribution is 0.0860. The first kappa shape index (κ1) is 15.3. The summed E-state index contributed by atoms with van der Waals surface area (Å²) in [6.07, 6.45) is 6.82. The van der Waals surface area contributed by atoms with Crippen LogP contribution in [0.4, 0.5) is 4.39 Å². The second-order valence-electron chi connectivity index (χ2n) is 6.38. The van der Waals surface area contributed by atoms with E-state index in [1.54, 1.807) is 0 Å². The van der Waals surface area contributed by atoms with Gasteiger partial charge in [0.15, 0.2) is 0 Å². The molecular formula is C17H24ClFN2. The number of nitrogens with one attached hydrogen (secondary N) is 1. The Morgan fingerprint density at radius 3 is 2.81 bits per heavy atom. The standard InChI is InChI=1S/C17H24ClFN2/c18-16-10-15(19)7-6-14(16)12-21-9-8-20-11-17(21)13-4-2-1-3-5-13/h6-7,10,13,17,20H,1-5,8-9,11-12H2. The fraction of sp³-hybridized carbons (Fsp3) is 0.647. The fourth-order valence-corrected chi connectivity index (χ4v) is 4.04. The van der Waals surface area contributed by atoms with Crippen molar-refractivity contribution >= 4 is 11.6 Å². The third kappa shape index (κ3) is 3.77. The first-order chi connectivity index (χ1) is 10.2. The molecule has 1 N–H and O–H groups in total. The van der Waals surface area contributed by atoms with Crippen LogP contribution < -0.4 is 5.32 Å². The lowest BCUT2D eigenvalue weighted by Crippen LogP contribution is -2.54. The summed E-state index contributed by atoms with van der Waals surface area (Å²) in [5.74, 6) is 0.540. The SMILES string of the molecule is Fc1ccc(CN2CCNCC2C2CCCCC2)c(Cl)c1. The minimum atomic E-state index is -0.257. The molecule has 1 aliphatic carbocycles. The van der Waals surface area contributed by atoms with Crippen molar-refractivity contribution in [2.75, 3.05) is 19.6 Å². The predicted octanol–water partition coefficient (Wildman–Crippen LogP) is 3.83. The summed E-state index contributed by atoms with van der Waals surface area (Å²) in [5.41, 5.74) is 1.04. The number of piperazine rings is 1. The molecule has 3 rings (SSSR count). The smallest absolute Gasteiger partial charge is 0.124 e. The van der Waals surface area contributed by atoms with Gasteiger partial charge in [0.1, 0.15) is 5.82 Å². The third-order valence-corrected chi connectivity index (χ3v) is 5.33. The molecule has 1 atom stereocenters. The van der Waals surface area contributed by atoms with Gasteiger partial charge in [0, 0.05) is 37.2 Å². The summed E-state index contributed by atoms with van der Waals surface area (Å²) >= 11 is 6.20. The Kier molecular flexibility index (Phi) is 5.15. The number of nitrogens with zero attached hydrogens (tertiary/aromatic N) is 1. The Labute approximate surface area is 131 Å². The molecule has 0 radical (unpaired) electrons. The van der Waals surface area contributed by atoms with Gasteiger partial charge in [-0.2, -0.15) is 0 Å². The molecule has 1 saturated heterocycles. The first-order valence-corrected chi connectivity index (χ1v) is 8.50. The van der Waals surface area contributed by atoms with Gasteiger partial charge in [-0.1, -0.05) is 36.9 Å². The first-order valence-electron chi connectivity index (χ1n) is 8.13. The minimum Gasteiger partial charge on any atom is -0.314 e. The number of hydrogen-bond acceptors (Lipinski definition) is 2. The number of hydrogen-bond donors (Lipinski definition) is 1. The lowest BCUT2D eigenvalue weighted by atomic mass is 9.82. The molecule has 21 heavy (non-hydrogen) atoms. The molecule has 2 fully saturated rings. The van der Waals surface area contributed by atoms with E-state index in [2.05, 4.69) is 10.2 Å². The van der Waals surface area contributed by atoms with Crippen molar-refractivity contribution in [2.45, 2.75) is 44.7 Å². The van der Waals surface area contributed by atoms with Crippen molar-refractivity contribution in [1.29, 1.82) is 0 Å². The molecule has 0 spiro atoms. The summed E-state index contributed by atoms with van der Waals surface area (Å²) in [7, 11) is 0. The maximum Gasteiger partial charge on any atom is 0.124 e. The van der Waals surface area contributed by atoms with Crippen LogP contribution in [0.2, 0.25) is 5.02 Å². The number of halogens is 2. The predicted molar refractivity (Wildman–Crippen MR) is 85.1 cm³/mol. The summed E-state index contributed by atoms with van der Waals surface area (Å²) in [5, 5.41) is 4.09. The summed E-state index contributed by atoms with van der Waals surface area (Å²) in [4.78, 5) is 2.55. The Morgan fingerprint density at radius 2 is 2.05 bits per heavy atom. The minimum absolute atomic E-state index is 0.257. The largest absolute Gasteiger partial charge is 0.314 e. The van der Waals surface area contributed by atoms with Crippen LogP contribution in [0.25, 0.3) is 0 Å². The van der Waals surface area contributed by atoms with E-state index in [4.69, 9.17) is 11.6 Å². The van der Waals surface area contributed by atoms with E-state index in [9.17, 15) is 4.39 Å². The molecule has 1 heterocycles. The zero-order valence-electron chi connectivity index (χ0n) is 12.5. The van der Waals surface area contributed by atoms with Gasteiger partial charge in [-0.15, -0.1) is 0 Å². The zero-order chi connectivity index (χ0) is 14.7. The van der Waals surface area contributed by atoms with E-state index in [-0.39, 0.29) is 5.82 Å². The molecule has 2 nitrogen and oxygen atoms in total. The van der Waals surface area contributed by atoms with Gasteiger partial charge >= 0.3 is 0 Å². The second kappa shape index (κ2) is 7.08. The van der Waals surface area contributed by atoms with Crippen LogP contribution in [0.5, 0.6) is 0 Å². The number of benzene rings is 1. The Balaban J connectivity index is 1.71. The van der Waals surface area contributed by atoms with E-state index in [0.717, 1.165) is 37.7 Å². The van der Waals surface area contributed by atoms with Crippen molar-refractivity contribution in [3.63, 3.8) is 0 Å². The molecule has 1 unspecified atom stereocenters. The molecule has 1 aromatic carbocycles. The second-order valence-corrected chi connectivity index (χ2v) is 6.78. The van der Waals surface area contributed by atoms with Crippen LogP contribution in [0.3, 0.4) is 0 Å². The quantitative estimate of drug-likeness (QED) is 0.912. The Morgan fingerprint density at radius 1 is 1.24 bits per heavy atom. The zero-order valence-corrected chi connectivity index (χ0v) is 13.2.